The van der Waals surface area contributed by atoms with Crippen molar-refractivity contribution in [3.05, 3.63) is 29.8 Å². The molecule has 0 spiro atoms. The molecule has 0 amide bonds. The number of hydrogen-bond acceptors (Lipinski definition) is 3. The summed E-state index contributed by atoms with van der Waals surface area (Å²) in [5.74, 6) is 0. The highest BCUT2D eigenvalue weighted by atomic mass is 15.1. The maximum atomic E-state index is 3.55. The van der Waals surface area contributed by atoms with Crippen LogP contribution in [0.15, 0.2) is 24.3 Å². The Morgan fingerprint density at radius 3 is 2.10 bits per heavy atom. The number of rotatable bonds is 11. The standard InChI is InChI=1S/C18H33N3/c1-5-20(6-2)14-10-15-21(7-3)16-13-19-18-12-9-8-11-17(18)4/h8-9,11-12,19H,5-7,10,13-16H2,1-4H3. The molecule has 0 aliphatic carbocycles. The van der Waals surface area contributed by atoms with E-state index in [1.54, 1.807) is 0 Å². The molecule has 0 aromatic heterocycles. The van der Waals surface area contributed by atoms with Crippen LogP contribution < -0.4 is 5.32 Å². The van der Waals surface area contributed by atoms with Gasteiger partial charge in [-0.2, -0.15) is 0 Å². The van der Waals surface area contributed by atoms with E-state index in [4.69, 9.17) is 0 Å². The van der Waals surface area contributed by atoms with Crippen LogP contribution >= 0.6 is 0 Å². The number of para-hydroxylation sites is 1. The number of aryl methyl sites for hydroxylation is 1. The molecule has 1 N–H and O–H groups in total. The van der Waals surface area contributed by atoms with Gasteiger partial charge in [0.25, 0.3) is 0 Å². The fraction of sp³-hybridized carbons (Fsp3) is 0.667. The van der Waals surface area contributed by atoms with Crippen molar-refractivity contribution >= 4 is 5.69 Å². The van der Waals surface area contributed by atoms with E-state index in [2.05, 4.69) is 67.1 Å². The number of hydrogen-bond donors (Lipinski definition) is 1. The minimum Gasteiger partial charge on any atom is -0.384 e. The third kappa shape index (κ3) is 6.96. The summed E-state index contributed by atoms with van der Waals surface area (Å²) in [5, 5.41) is 3.55. The molecule has 0 bridgehead atoms. The normalized spacial score (nSPS) is 11.3. The molecule has 3 heteroatoms. The Hall–Kier alpha value is -1.06. The minimum atomic E-state index is 1.02. The van der Waals surface area contributed by atoms with Gasteiger partial charge in [-0.05, 0) is 57.7 Å². The molecule has 0 unspecified atom stereocenters. The van der Waals surface area contributed by atoms with Gasteiger partial charge < -0.3 is 15.1 Å². The third-order valence-corrected chi connectivity index (χ3v) is 4.18. The molecule has 0 heterocycles. The van der Waals surface area contributed by atoms with E-state index < -0.39 is 0 Å². The molecule has 1 rings (SSSR count). The lowest BCUT2D eigenvalue weighted by Crippen LogP contribution is -2.33. The quantitative estimate of drug-likeness (QED) is 0.673. The molecule has 1 aromatic rings. The zero-order valence-corrected chi connectivity index (χ0v) is 14.4. The summed E-state index contributed by atoms with van der Waals surface area (Å²) in [6, 6.07) is 8.50. The van der Waals surface area contributed by atoms with Crippen LogP contribution in [-0.4, -0.2) is 55.6 Å². The van der Waals surface area contributed by atoms with Gasteiger partial charge in [0, 0.05) is 18.8 Å². The topological polar surface area (TPSA) is 18.5 Å². The highest BCUT2D eigenvalue weighted by Crippen LogP contribution is 2.12. The Morgan fingerprint density at radius 1 is 0.857 bits per heavy atom. The van der Waals surface area contributed by atoms with Gasteiger partial charge in [0.15, 0.2) is 0 Å². The molecule has 120 valence electrons. The molecule has 0 radical (unpaired) electrons. The van der Waals surface area contributed by atoms with E-state index >= 15 is 0 Å². The molecule has 0 aliphatic heterocycles. The van der Waals surface area contributed by atoms with E-state index in [0.717, 1.165) is 32.7 Å². The fourth-order valence-corrected chi connectivity index (χ4v) is 2.61. The number of benzene rings is 1. The zero-order valence-electron chi connectivity index (χ0n) is 14.4. The second-order valence-corrected chi connectivity index (χ2v) is 5.56. The van der Waals surface area contributed by atoms with Crippen LogP contribution in [0.3, 0.4) is 0 Å². The summed E-state index contributed by atoms with van der Waals surface area (Å²) >= 11 is 0. The van der Waals surface area contributed by atoms with Gasteiger partial charge >= 0.3 is 0 Å². The Balaban J connectivity index is 2.23. The van der Waals surface area contributed by atoms with E-state index in [0.29, 0.717) is 0 Å². The maximum Gasteiger partial charge on any atom is 0.0370 e. The van der Waals surface area contributed by atoms with Gasteiger partial charge in [-0.1, -0.05) is 39.0 Å². The lowest BCUT2D eigenvalue weighted by Gasteiger charge is -2.23. The fourth-order valence-electron chi connectivity index (χ4n) is 2.61. The highest BCUT2D eigenvalue weighted by molar-refractivity contribution is 5.50. The van der Waals surface area contributed by atoms with Crippen LogP contribution in [0.5, 0.6) is 0 Å². The Kier molecular flexibility index (Phi) is 9.11. The highest BCUT2D eigenvalue weighted by Gasteiger charge is 2.04. The van der Waals surface area contributed by atoms with Crippen LogP contribution in [0, 0.1) is 6.92 Å². The summed E-state index contributed by atoms with van der Waals surface area (Å²) in [5.41, 5.74) is 2.58. The summed E-state index contributed by atoms with van der Waals surface area (Å²) in [7, 11) is 0. The largest absolute Gasteiger partial charge is 0.384 e. The molecule has 1 aromatic carbocycles. The van der Waals surface area contributed by atoms with Gasteiger partial charge in [-0.25, -0.2) is 0 Å². The first-order valence-corrected chi connectivity index (χ1v) is 8.45. The second-order valence-electron chi connectivity index (χ2n) is 5.56. The molecular weight excluding hydrogens is 258 g/mol. The van der Waals surface area contributed by atoms with Crippen molar-refractivity contribution in [1.29, 1.82) is 0 Å². The zero-order chi connectivity index (χ0) is 15.5. The van der Waals surface area contributed by atoms with Crippen LogP contribution in [0.4, 0.5) is 5.69 Å². The monoisotopic (exact) mass is 291 g/mol. The van der Waals surface area contributed by atoms with Gasteiger partial charge in [0.1, 0.15) is 0 Å². The Labute approximate surface area is 131 Å². The SMILES string of the molecule is CCN(CC)CCCN(CC)CCNc1ccccc1C. The molecule has 0 atom stereocenters. The van der Waals surface area contributed by atoms with Crippen molar-refractivity contribution in [2.45, 2.75) is 34.1 Å². The van der Waals surface area contributed by atoms with Crippen molar-refractivity contribution in [2.75, 3.05) is 51.1 Å². The Morgan fingerprint density at radius 2 is 1.48 bits per heavy atom. The molecule has 21 heavy (non-hydrogen) atoms. The van der Waals surface area contributed by atoms with E-state index in [1.807, 2.05) is 0 Å². The number of anilines is 1. The van der Waals surface area contributed by atoms with Crippen molar-refractivity contribution < 1.29 is 0 Å². The van der Waals surface area contributed by atoms with Gasteiger partial charge in [0.05, 0.1) is 0 Å². The van der Waals surface area contributed by atoms with Crippen molar-refractivity contribution in [3.63, 3.8) is 0 Å². The Bertz CT molecular complexity index is 374. The average Bonchev–Trinajstić information content (AvgIpc) is 2.51. The lowest BCUT2D eigenvalue weighted by molar-refractivity contribution is 0.248. The molecular formula is C18H33N3. The van der Waals surface area contributed by atoms with Gasteiger partial charge in [-0.15, -0.1) is 0 Å². The van der Waals surface area contributed by atoms with Gasteiger partial charge in [-0.3, -0.25) is 0 Å². The first-order chi connectivity index (χ1) is 10.2. The number of nitrogens with zero attached hydrogens (tertiary/aromatic N) is 2. The first-order valence-electron chi connectivity index (χ1n) is 8.45. The minimum absolute atomic E-state index is 1.02. The predicted octanol–water partition coefficient (Wildman–Crippen LogP) is 3.46. The number of likely N-dealkylation sites (N-methyl/N-ethyl adjacent to an activating group) is 1. The average molecular weight is 291 g/mol. The van der Waals surface area contributed by atoms with Gasteiger partial charge in [0.2, 0.25) is 0 Å². The third-order valence-electron chi connectivity index (χ3n) is 4.18. The number of nitrogens with one attached hydrogen (secondary N) is 1. The summed E-state index contributed by atoms with van der Waals surface area (Å²) < 4.78 is 0. The maximum absolute atomic E-state index is 3.55. The summed E-state index contributed by atoms with van der Waals surface area (Å²) in [6.07, 6.45) is 1.26. The van der Waals surface area contributed by atoms with E-state index in [9.17, 15) is 0 Å². The molecule has 0 saturated heterocycles. The van der Waals surface area contributed by atoms with Crippen LogP contribution in [0.2, 0.25) is 0 Å². The van der Waals surface area contributed by atoms with E-state index in [-0.39, 0.29) is 0 Å². The van der Waals surface area contributed by atoms with Crippen LogP contribution in [-0.2, 0) is 0 Å². The van der Waals surface area contributed by atoms with Crippen LogP contribution in [0.1, 0.15) is 32.8 Å². The summed E-state index contributed by atoms with van der Waals surface area (Å²) in [4.78, 5) is 5.04. The first kappa shape index (κ1) is 18.0. The summed E-state index contributed by atoms with van der Waals surface area (Å²) in [6.45, 7) is 16.9. The van der Waals surface area contributed by atoms with Crippen molar-refractivity contribution in [3.8, 4) is 0 Å². The van der Waals surface area contributed by atoms with Crippen molar-refractivity contribution in [2.24, 2.45) is 0 Å². The molecule has 3 nitrogen and oxygen atoms in total. The second kappa shape index (κ2) is 10.6. The van der Waals surface area contributed by atoms with E-state index in [1.165, 1.54) is 30.8 Å². The smallest absolute Gasteiger partial charge is 0.0370 e. The van der Waals surface area contributed by atoms with Crippen molar-refractivity contribution in [1.82, 2.24) is 9.80 Å². The lowest BCUT2D eigenvalue weighted by atomic mass is 10.2. The van der Waals surface area contributed by atoms with Crippen LogP contribution in [0.25, 0.3) is 0 Å². The predicted molar refractivity (Wildman–Crippen MR) is 94.2 cm³/mol. The molecule has 0 aliphatic rings. The molecule has 0 fully saturated rings. The molecule has 0 saturated carbocycles.